The largest absolute Gasteiger partial charge is 0.479 e. The molecule has 0 fully saturated rings. The highest BCUT2D eigenvalue weighted by molar-refractivity contribution is 5.87. The number of hydrogen-bond acceptors (Lipinski definition) is 3. The number of rotatable bonds is 0. The van der Waals surface area contributed by atoms with Crippen molar-refractivity contribution in [3.8, 4) is 5.75 Å². The molecular weight excluding hydrogens is 216 g/mol. The van der Waals surface area contributed by atoms with Gasteiger partial charge in [0.05, 0.1) is 0 Å². The van der Waals surface area contributed by atoms with E-state index in [1.165, 1.54) is 6.07 Å². The van der Waals surface area contributed by atoms with Crippen molar-refractivity contribution in [3.05, 3.63) is 46.3 Å². The van der Waals surface area contributed by atoms with Crippen molar-refractivity contribution >= 4 is 17.0 Å². The first-order valence-corrected chi connectivity index (χ1v) is 5.50. The lowest BCUT2D eigenvalue weighted by atomic mass is 10.0. The van der Waals surface area contributed by atoms with Gasteiger partial charge in [0.1, 0.15) is 5.60 Å². The summed E-state index contributed by atoms with van der Waals surface area (Å²) >= 11 is 0. The van der Waals surface area contributed by atoms with Crippen LogP contribution >= 0.6 is 0 Å². The van der Waals surface area contributed by atoms with E-state index < -0.39 is 0 Å². The molecule has 0 radical (unpaired) electrons. The summed E-state index contributed by atoms with van der Waals surface area (Å²) in [5.74, 6) is 0.646. The van der Waals surface area contributed by atoms with E-state index in [4.69, 9.17) is 9.15 Å². The third-order valence-corrected chi connectivity index (χ3v) is 2.80. The highest BCUT2D eigenvalue weighted by Gasteiger charge is 2.24. The summed E-state index contributed by atoms with van der Waals surface area (Å²) < 4.78 is 11.1. The van der Waals surface area contributed by atoms with Crippen molar-refractivity contribution in [2.75, 3.05) is 0 Å². The van der Waals surface area contributed by atoms with Crippen molar-refractivity contribution in [2.24, 2.45) is 0 Å². The van der Waals surface area contributed by atoms with Gasteiger partial charge in [-0.2, -0.15) is 0 Å². The van der Waals surface area contributed by atoms with Gasteiger partial charge < -0.3 is 9.15 Å². The van der Waals surface area contributed by atoms with E-state index in [0.717, 1.165) is 10.9 Å². The first-order valence-electron chi connectivity index (χ1n) is 5.50. The molecule has 3 nitrogen and oxygen atoms in total. The zero-order valence-corrected chi connectivity index (χ0v) is 9.69. The Labute approximate surface area is 98.3 Å². The molecule has 0 amide bonds. The lowest BCUT2D eigenvalue weighted by Crippen LogP contribution is -2.27. The molecule has 0 aliphatic carbocycles. The summed E-state index contributed by atoms with van der Waals surface area (Å²) in [7, 11) is 0. The smallest absolute Gasteiger partial charge is 0.336 e. The number of hydrogen-bond donors (Lipinski definition) is 0. The zero-order chi connectivity index (χ0) is 12.0. The van der Waals surface area contributed by atoms with Gasteiger partial charge in [-0.05, 0) is 26.0 Å². The molecule has 0 N–H and O–H groups in total. The molecule has 1 aliphatic rings. The Morgan fingerprint density at radius 1 is 1.12 bits per heavy atom. The maximum Gasteiger partial charge on any atom is 0.336 e. The fourth-order valence-corrected chi connectivity index (χ4v) is 1.95. The van der Waals surface area contributed by atoms with Crippen LogP contribution in [0.4, 0.5) is 0 Å². The lowest BCUT2D eigenvalue weighted by Gasteiger charge is -2.27. The minimum atomic E-state index is -0.379. The van der Waals surface area contributed by atoms with Crippen molar-refractivity contribution in [2.45, 2.75) is 19.4 Å². The number of ether oxygens (including phenoxy) is 1. The van der Waals surface area contributed by atoms with Gasteiger partial charge in [0, 0.05) is 17.0 Å². The molecule has 3 heteroatoms. The van der Waals surface area contributed by atoms with Crippen LogP contribution in [-0.2, 0) is 0 Å². The standard InChI is InChI=1S/C14H12O3/c1-14(2)8-7-10-4-3-9-5-6-11(15)16-12(9)13(10)17-14/h3-8H,1-2H3. The van der Waals surface area contributed by atoms with Crippen molar-refractivity contribution in [1.82, 2.24) is 0 Å². The summed E-state index contributed by atoms with van der Waals surface area (Å²) in [6.07, 6.45) is 3.98. The first-order chi connectivity index (χ1) is 8.05. The van der Waals surface area contributed by atoms with E-state index in [1.807, 2.05) is 38.1 Å². The summed E-state index contributed by atoms with van der Waals surface area (Å²) in [5.41, 5.74) is 0.718. The molecule has 0 saturated heterocycles. The molecule has 86 valence electrons. The summed E-state index contributed by atoms with van der Waals surface area (Å²) in [6.45, 7) is 3.93. The molecule has 0 unspecified atom stereocenters. The van der Waals surface area contributed by atoms with Gasteiger partial charge >= 0.3 is 5.63 Å². The first kappa shape index (κ1) is 10.1. The monoisotopic (exact) mass is 228 g/mol. The van der Waals surface area contributed by atoms with E-state index in [-0.39, 0.29) is 11.2 Å². The minimum Gasteiger partial charge on any atom is -0.479 e. The molecule has 1 aromatic heterocycles. The van der Waals surface area contributed by atoms with Gasteiger partial charge in [0.25, 0.3) is 0 Å². The van der Waals surface area contributed by atoms with Crippen molar-refractivity contribution in [3.63, 3.8) is 0 Å². The average Bonchev–Trinajstić information content (AvgIpc) is 2.28. The van der Waals surface area contributed by atoms with E-state index in [1.54, 1.807) is 6.07 Å². The Morgan fingerprint density at radius 3 is 2.71 bits per heavy atom. The maximum atomic E-state index is 11.3. The van der Waals surface area contributed by atoms with E-state index >= 15 is 0 Å². The van der Waals surface area contributed by atoms with Gasteiger partial charge in [-0.15, -0.1) is 0 Å². The van der Waals surface area contributed by atoms with Gasteiger partial charge in [-0.25, -0.2) is 4.79 Å². The molecule has 2 aromatic rings. The molecule has 1 aliphatic heterocycles. The fraction of sp³-hybridized carbons (Fsp3) is 0.214. The average molecular weight is 228 g/mol. The van der Waals surface area contributed by atoms with E-state index in [9.17, 15) is 4.79 Å². The Balaban J connectivity index is 2.36. The molecule has 0 atom stereocenters. The van der Waals surface area contributed by atoms with Crippen LogP contribution in [0.3, 0.4) is 0 Å². The highest BCUT2D eigenvalue weighted by Crippen LogP contribution is 2.36. The Morgan fingerprint density at radius 2 is 1.88 bits per heavy atom. The van der Waals surface area contributed by atoms with Gasteiger partial charge in [0.2, 0.25) is 0 Å². The lowest BCUT2D eigenvalue weighted by molar-refractivity contribution is 0.159. The Bertz CT molecular complexity index is 677. The Kier molecular flexibility index (Phi) is 1.93. The molecular formula is C14H12O3. The highest BCUT2D eigenvalue weighted by atomic mass is 16.5. The third-order valence-electron chi connectivity index (χ3n) is 2.80. The zero-order valence-electron chi connectivity index (χ0n) is 9.69. The predicted molar refractivity (Wildman–Crippen MR) is 66.2 cm³/mol. The van der Waals surface area contributed by atoms with Crippen LogP contribution in [-0.4, -0.2) is 5.60 Å². The second-order valence-electron chi connectivity index (χ2n) is 4.70. The maximum absolute atomic E-state index is 11.3. The van der Waals surface area contributed by atoms with Crippen LogP contribution in [0.25, 0.3) is 17.0 Å². The van der Waals surface area contributed by atoms with E-state index in [2.05, 4.69) is 0 Å². The van der Waals surface area contributed by atoms with Crippen molar-refractivity contribution in [1.29, 1.82) is 0 Å². The van der Waals surface area contributed by atoms with Crippen LogP contribution < -0.4 is 10.4 Å². The van der Waals surface area contributed by atoms with Crippen molar-refractivity contribution < 1.29 is 9.15 Å². The molecule has 2 heterocycles. The predicted octanol–water partition coefficient (Wildman–Crippen LogP) is 2.98. The summed E-state index contributed by atoms with van der Waals surface area (Å²) in [4.78, 5) is 11.3. The molecule has 0 bridgehead atoms. The molecule has 17 heavy (non-hydrogen) atoms. The second-order valence-corrected chi connectivity index (χ2v) is 4.70. The van der Waals surface area contributed by atoms with Crippen LogP contribution in [0.5, 0.6) is 5.75 Å². The molecule has 0 saturated carbocycles. The summed E-state index contributed by atoms with van der Waals surface area (Å²) in [6, 6.07) is 7.04. The normalized spacial score (nSPS) is 16.6. The topological polar surface area (TPSA) is 39.4 Å². The quantitative estimate of drug-likeness (QED) is 0.651. The van der Waals surface area contributed by atoms with Gasteiger partial charge in [-0.3, -0.25) is 0 Å². The fourth-order valence-electron chi connectivity index (χ4n) is 1.95. The van der Waals surface area contributed by atoms with Gasteiger partial charge in [-0.1, -0.05) is 18.2 Å². The van der Waals surface area contributed by atoms with E-state index in [0.29, 0.717) is 11.3 Å². The number of benzene rings is 1. The molecule has 0 spiro atoms. The molecule has 3 rings (SSSR count). The van der Waals surface area contributed by atoms with Crippen LogP contribution in [0.15, 0.2) is 39.6 Å². The minimum absolute atomic E-state index is 0.359. The SMILES string of the molecule is CC1(C)C=Cc2ccc3ccc(=O)oc3c2O1. The van der Waals surface area contributed by atoms with Crippen LogP contribution in [0.2, 0.25) is 0 Å². The third kappa shape index (κ3) is 1.64. The summed E-state index contributed by atoms with van der Waals surface area (Å²) in [5, 5.41) is 0.870. The second kappa shape index (κ2) is 3.23. The van der Waals surface area contributed by atoms with Crippen LogP contribution in [0.1, 0.15) is 19.4 Å². The van der Waals surface area contributed by atoms with Crippen LogP contribution in [0, 0.1) is 0 Å². The number of fused-ring (bicyclic) bond motifs is 3. The molecule has 1 aromatic carbocycles. The Hall–Kier alpha value is -2.03. The van der Waals surface area contributed by atoms with Gasteiger partial charge in [0.15, 0.2) is 11.3 Å².